The summed E-state index contributed by atoms with van der Waals surface area (Å²) in [6, 6.07) is 18.8. The first kappa shape index (κ1) is 26.1. The number of halogens is 1. The summed E-state index contributed by atoms with van der Waals surface area (Å²) in [5.41, 5.74) is 1.36. The predicted octanol–water partition coefficient (Wildman–Crippen LogP) is 4.60. The summed E-state index contributed by atoms with van der Waals surface area (Å²) < 4.78 is 41.2. The SMILES string of the molecule is CCN(CC)S(=O)(=O)c1cc(C(=O)Nc2ccccc2C(=O)N[C@H](C)c2ccccc2)ccc1F. The summed E-state index contributed by atoms with van der Waals surface area (Å²) in [6.07, 6.45) is 0. The Bertz CT molecular complexity index is 1310. The predicted molar refractivity (Wildman–Crippen MR) is 133 cm³/mol. The quantitative estimate of drug-likeness (QED) is 0.452. The largest absolute Gasteiger partial charge is 0.345 e. The maximum Gasteiger partial charge on any atom is 0.255 e. The van der Waals surface area contributed by atoms with Gasteiger partial charge in [-0.1, -0.05) is 56.3 Å². The number of carbonyl (C=O) groups is 2. The Morgan fingerprint density at radius 1 is 0.914 bits per heavy atom. The molecule has 9 heteroatoms. The van der Waals surface area contributed by atoms with Crippen molar-refractivity contribution in [2.45, 2.75) is 31.7 Å². The normalized spacial score (nSPS) is 12.3. The number of sulfonamides is 1. The molecule has 3 aromatic rings. The number of hydrogen-bond acceptors (Lipinski definition) is 4. The highest BCUT2D eigenvalue weighted by atomic mass is 32.2. The van der Waals surface area contributed by atoms with Gasteiger partial charge in [0.05, 0.1) is 17.3 Å². The highest BCUT2D eigenvalue weighted by molar-refractivity contribution is 7.89. The molecule has 184 valence electrons. The monoisotopic (exact) mass is 497 g/mol. The second-order valence-electron chi connectivity index (χ2n) is 7.84. The van der Waals surface area contributed by atoms with E-state index in [-0.39, 0.29) is 41.9 Å². The van der Waals surface area contributed by atoms with E-state index in [2.05, 4.69) is 10.6 Å². The number of nitrogens with zero attached hydrogens (tertiary/aromatic N) is 1. The van der Waals surface area contributed by atoms with Crippen molar-refractivity contribution in [1.29, 1.82) is 0 Å². The van der Waals surface area contributed by atoms with Gasteiger partial charge in [0.2, 0.25) is 10.0 Å². The molecular formula is C26H28FN3O4S. The first-order chi connectivity index (χ1) is 16.7. The van der Waals surface area contributed by atoms with Crippen LogP contribution in [0.5, 0.6) is 0 Å². The lowest BCUT2D eigenvalue weighted by molar-refractivity contribution is 0.0940. The van der Waals surface area contributed by atoms with Gasteiger partial charge in [-0.15, -0.1) is 0 Å². The zero-order valence-electron chi connectivity index (χ0n) is 19.8. The number of nitrogens with one attached hydrogen (secondary N) is 2. The molecule has 3 aromatic carbocycles. The van der Waals surface area contributed by atoms with Crippen molar-refractivity contribution in [1.82, 2.24) is 9.62 Å². The number of amides is 2. The fourth-order valence-corrected chi connectivity index (χ4v) is 5.18. The number of rotatable bonds is 9. The third-order valence-corrected chi connectivity index (χ3v) is 7.65. The van der Waals surface area contributed by atoms with Crippen LogP contribution < -0.4 is 10.6 Å². The lowest BCUT2D eigenvalue weighted by atomic mass is 10.1. The summed E-state index contributed by atoms with van der Waals surface area (Å²) in [7, 11) is -4.11. The van der Waals surface area contributed by atoms with Crippen LogP contribution in [-0.4, -0.2) is 37.6 Å². The van der Waals surface area contributed by atoms with Crippen molar-refractivity contribution in [2.24, 2.45) is 0 Å². The van der Waals surface area contributed by atoms with Crippen LogP contribution in [0.3, 0.4) is 0 Å². The second kappa shape index (κ2) is 11.2. The van der Waals surface area contributed by atoms with Crippen LogP contribution in [0.15, 0.2) is 77.7 Å². The smallest absolute Gasteiger partial charge is 0.255 e. The van der Waals surface area contributed by atoms with E-state index in [1.807, 2.05) is 37.3 Å². The molecule has 0 heterocycles. The van der Waals surface area contributed by atoms with Crippen molar-refractivity contribution in [3.05, 3.63) is 95.3 Å². The minimum absolute atomic E-state index is 0.0509. The third-order valence-electron chi connectivity index (χ3n) is 5.58. The van der Waals surface area contributed by atoms with Gasteiger partial charge in [-0.25, -0.2) is 12.8 Å². The summed E-state index contributed by atoms with van der Waals surface area (Å²) in [4.78, 5) is 25.3. The number of hydrogen-bond donors (Lipinski definition) is 2. The van der Waals surface area contributed by atoms with Crippen molar-refractivity contribution in [3.8, 4) is 0 Å². The van der Waals surface area contributed by atoms with Crippen LogP contribution in [0, 0.1) is 5.82 Å². The molecule has 0 aliphatic carbocycles. The van der Waals surface area contributed by atoms with Crippen LogP contribution in [-0.2, 0) is 10.0 Å². The molecule has 7 nitrogen and oxygen atoms in total. The topological polar surface area (TPSA) is 95.6 Å². The average molecular weight is 498 g/mol. The molecule has 3 rings (SSSR count). The van der Waals surface area contributed by atoms with Gasteiger partial charge in [0.25, 0.3) is 11.8 Å². The summed E-state index contributed by atoms with van der Waals surface area (Å²) in [5, 5.41) is 5.55. The molecule has 0 unspecified atom stereocenters. The van der Waals surface area contributed by atoms with Crippen molar-refractivity contribution >= 4 is 27.5 Å². The summed E-state index contributed by atoms with van der Waals surface area (Å²) >= 11 is 0. The highest BCUT2D eigenvalue weighted by Crippen LogP contribution is 2.23. The van der Waals surface area contributed by atoms with Crippen molar-refractivity contribution < 1.29 is 22.4 Å². The molecule has 0 aliphatic rings. The zero-order chi connectivity index (χ0) is 25.6. The molecule has 0 aliphatic heterocycles. The molecule has 0 aromatic heterocycles. The molecule has 1 atom stereocenters. The van der Waals surface area contributed by atoms with Crippen LogP contribution in [0.1, 0.15) is 53.1 Å². The summed E-state index contributed by atoms with van der Waals surface area (Å²) in [6.45, 7) is 5.48. The van der Waals surface area contributed by atoms with E-state index >= 15 is 0 Å². The average Bonchev–Trinajstić information content (AvgIpc) is 2.85. The molecule has 0 spiro atoms. The van der Waals surface area contributed by atoms with Crippen LogP contribution in [0.2, 0.25) is 0 Å². The summed E-state index contributed by atoms with van der Waals surface area (Å²) in [5.74, 6) is -2.00. The molecule has 2 amide bonds. The van der Waals surface area contributed by atoms with Gasteiger partial charge in [-0.05, 0) is 42.8 Å². The minimum atomic E-state index is -4.11. The van der Waals surface area contributed by atoms with E-state index < -0.39 is 26.6 Å². The molecule has 2 N–H and O–H groups in total. The van der Waals surface area contributed by atoms with Gasteiger partial charge in [-0.2, -0.15) is 4.31 Å². The van der Waals surface area contributed by atoms with Gasteiger partial charge < -0.3 is 10.6 Å². The van der Waals surface area contributed by atoms with Gasteiger partial charge in [0.1, 0.15) is 10.7 Å². The molecule has 0 bridgehead atoms. The van der Waals surface area contributed by atoms with Gasteiger partial charge in [0.15, 0.2) is 0 Å². The van der Waals surface area contributed by atoms with Crippen molar-refractivity contribution in [2.75, 3.05) is 18.4 Å². The Morgan fingerprint density at radius 3 is 2.20 bits per heavy atom. The van der Waals surface area contributed by atoms with E-state index in [9.17, 15) is 22.4 Å². The Balaban J connectivity index is 1.85. The zero-order valence-corrected chi connectivity index (χ0v) is 20.6. The second-order valence-corrected chi connectivity index (χ2v) is 9.75. The van der Waals surface area contributed by atoms with Crippen LogP contribution >= 0.6 is 0 Å². The van der Waals surface area contributed by atoms with Crippen LogP contribution in [0.4, 0.5) is 10.1 Å². The van der Waals surface area contributed by atoms with Gasteiger partial charge in [-0.3, -0.25) is 9.59 Å². The Morgan fingerprint density at radius 2 is 1.54 bits per heavy atom. The molecule has 0 fully saturated rings. The van der Waals surface area contributed by atoms with E-state index in [1.165, 1.54) is 6.07 Å². The molecule has 0 radical (unpaired) electrons. The standard InChI is InChI=1S/C26H28FN3O4S/c1-4-30(5-2)35(33,34)24-17-20(15-16-22(24)27)25(31)29-23-14-10-9-13-21(23)26(32)28-18(3)19-11-7-6-8-12-19/h6-18H,4-5H2,1-3H3,(H,28,32)(H,29,31)/t18-/m1/s1. The lowest BCUT2D eigenvalue weighted by Gasteiger charge is -2.19. The number of benzene rings is 3. The van der Waals surface area contributed by atoms with E-state index in [0.717, 1.165) is 22.0 Å². The fourth-order valence-electron chi connectivity index (χ4n) is 3.63. The van der Waals surface area contributed by atoms with Crippen LogP contribution in [0.25, 0.3) is 0 Å². The van der Waals surface area contributed by atoms with Gasteiger partial charge in [0, 0.05) is 18.7 Å². The molecule has 0 saturated carbocycles. The van der Waals surface area contributed by atoms with Gasteiger partial charge >= 0.3 is 0 Å². The number of para-hydroxylation sites is 1. The number of anilines is 1. The maximum absolute atomic E-state index is 14.4. The first-order valence-electron chi connectivity index (χ1n) is 11.2. The molecule has 0 saturated heterocycles. The first-order valence-corrected chi connectivity index (χ1v) is 12.7. The lowest BCUT2D eigenvalue weighted by Crippen LogP contribution is -2.31. The van der Waals surface area contributed by atoms with E-state index in [1.54, 1.807) is 38.1 Å². The third kappa shape index (κ3) is 5.93. The minimum Gasteiger partial charge on any atom is -0.345 e. The van der Waals surface area contributed by atoms with E-state index in [4.69, 9.17) is 0 Å². The Kier molecular flexibility index (Phi) is 8.37. The van der Waals surface area contributed by atoms with Crippen molar-refractivity contribution in [3.63, 3.8) is 0 Å². The number of carbonyl (C=O) groups excluding carboxylic acids is 2. The molecule has 35 heavy (non-hydrogen) atoms. The Labute approximate surface area is 205 Å². The Hall–Kier alpha value is -3.56. The molecular weight excluding hydrogens is 469 g/mol. The maximum atomic E-state index is 14.4. The highest BCUT2D eigenvalue weighted by Gasteiger charge is 2.26. The van der Waals surface area contributed by atoms with E-state index in [0.29, 0.717) is 0 Å². The fraction of sp³-hybridized carbons (Fsp3) is 0.231.